The first kappa shape index (κ1) is 23.1. The third-order valence-corrected chi connectivity index (χ3v) is 5.02. The van der Waals surface area contributed by atoms with Crippen molar-refractivity contribution < 1.29 is 23.9 Å². The van der Waals surface area contributed by atoms with E-state index < -0.39 is 11.9 Å². The van der Waals surface area contributed by atoms with Gasteiger partial charge in [-0.2, -0.15) is 0 Å². The van der Waals surface area contributed by atoms with Gasteiger partial charge in [-0.3, -0.25) is 4.79 Å². The number of carboxylic acids is 1. The van der Waals surface area contributed by atoms with Crippen molar-refractivity contribution in [3.8, 4) is 17.2 Å². The highest BCUT2D eigenvalue weighted by Crippen LogP contribution is 2.22. The molecule has 1 atom stereocenters. The van der Waals surface area contributed by atoms with Crippen molar-refractivity contribution >= 4 is 11.7 Å². The molecule has 1 unspecified atom stereocenters. The van der Waals surface area contributed by atoms with Gasteiger partial charge in [-0.1, -0.05) is 35.5 Å². The molecule has 7 heteroatoms. The number of hydrogen-bond acceptors (Lipinski definition) is 6. The van der Waals surface area contributed by atoms with E-state index in [0.717, 1.165) is 22.6 Å². The first-order chi connectivity index (χ1) is 15.5. The zero-order valence-electron chi connectivity index (χ0n) is 18.6. The van der Waals surface area contributed by atoms with Crippen LogP contribution in [0.25, 0.3) is 11.5 Å². The number of hydrogen-bond donors (Lipinski definition) is 1. The Bertz CT molecular complexity index is 1040. The highest BCUT2D eigenvalue weighted by molar-refractivity contribution is 6.00. The molecule has 0 saturated heterocycles. The van der Waals surface area contributed by atoms with E-state index >= 15 is 0 Å². The molecule has 1 heterocycles. The van der Waals surface area contributed by atoms with Crippen molar-refractivity contribution in [1.82, 2.24) is 4.98 Å². The van der Waals surface area contributed by atoms with Crippen molar-refractivity contribution in [2.75, 3.05) is 13.2 Å². The van der Waals surface area contributed by atoms with Gasteiger partial charge in [0.25, 0.3) is 0 Å². The summed E-state index contributed by atoms with van der Waals surface area (Å²) >= 11 is 0. The highest BCUT2D eigenvalue weighted by Gasteiger charge is 2.22. The summed E-state index contributed by atoms with van der Waals surface area (Å²) < 4.78 is 11.6. The minimum atomic E-state index is -0.927. The van der Waals surface area contributed by atoms with Crippen LogP contribution in [-0.4, -0.2) is 35.0 Å². The van der Waals surface area contributed by atoms with Crippen LogP contribution in [-0.2, 0) is 22.5 Å². The molecule has 3 rings (SSSR count). The lowest BCUT2D eigenvalue weighted by atomic mass is 9.95. The van der Waals surface area contributed by atoms with Crippen LogP contribution in [0.3, 0.4) is 0 Å². The largest absolute Gasteiger partial charge is 0.493 e. The average Bonchev–Trinajstić information content (AvgIpc) is 3.17. The molecule has 168 valence electrons. The Morgan fingerprint density at radius 1 is 1.16 bits per heavy atom. The molecule has 0 aliphatic carbocycles. The normalized spacial score (nSPS) is 12.4. The lowest BCUT2D eigenvalue weighted by Crippen LogP contribution is -2.24. The van der Waals surface area contributed by atoms with Gasteiger partial charge in [-0.25, -0.2) is 4.98 Å². The van der Waals surface area contributed by atoms with Crippen LogP contribution < -0.4 is 4.74 Å². The lowest BCUT2D eigenvalue weighted by molar-refractivity contribution is -0.139. The van der Waals surface area contributed by atoms with Crippen molar-refractivity contribution in [3.63, 3.8) is 0 Å². The SMILES string of the molecule is CCO/N=C(/C)C(Cc1ccc(OCCc2nc(-c3ccccc3)oc2C)cc1)C(=O)O. The van der Waals surface area contributed by atoms with Crippen LogP contribution in [0.1, 0.15) is 30.9 Å². The molecular weight excluding hydrogens is 408 g/mol. The maximum atomic E-state index is 11.6. The number of carboxylic acid groups (broad SMARTS) is 1. The molecule has 1 N–H and O–H groups in total. The predicted octanol–water partition coefficient (Wildman–Crippen LogP) is 4.93. The molecule has 32 heavy (non-hydrogen) atoms. The third-order valence-electron chi connectivity index (χ3n) is 5.02. The molecule has 0 amide bonds. The van der Waals surface area contributed by atoms with Crippen LogP contribution in [0.5, 0.6) is 5.75 Å². The Morgan fingerprint density at radius 2 is 1.88 bits per heavy atom. The summed E-state index contributed by atoms with van der Waals surface area (Å²) in [4.78, 5) is 21.2. The zero-order valence-corrected chi connectivity index (χ0v) is 18.6. The predicted molar refractivity (Wildman–Crippen MR) is 122 cm³/mol. The second-order valence-corrected chi connectivity index (χ2v) is 7.38. The number of benzene rings is 2. The fraction of sp³-hybridized carbons (Fsp3) is 0.320. The fourth-order valence-corrected chi connectivity index (χ4v) is 3.23. The van der Waals surface area contributed by atoms with Crippen molar-refractivity contribution in [2.45, 2.75) is 33.6 Å². The van der Waals surface area contributed by atoms with Gasteiger partial charge in [-0.05, 0) is 57.0 Å². The lowest BCUT2D eigenvalue weighted by Gasteiger charge is -2.12. The number of rotatable bonds is 11. The van der Waals surface area contributed by atoms with Gasteiger partial charge in [0.2, 0.25) is 5.89 Å². The van der Waals surface area contributed by atoms with E-state index in [2.05, 4.69) is 10.1 Å². The number of carbonyl (C=O) groups is 1. The monoisotopic (exact) mass is 436 g/mol. The number of aromatic nitrogens is 1. The highest BCUT2D eigenvalue weighted by atomic mass is 16.6. The zero-order chi connectivity index (χ0) is 22.9. The van der Waals surface area contributed by atoms with E-state index in [1.165, 1.54) is 0 Å². The Kier molecular flexibility index (Phi) is 8.02. The minimum Gasteiger partial charge on any atom is -0.493 e. The summed E-state index contributed by atoms with van der Waals surface area (Å²) in [5.41, 5.74) is 3.14. The van der Waals surface area contributed by atoms with E-state index in [-0.39, 0.29) is 0 Å². The maximum absolute atomic E-state index is 11.6. The van der Waals surface area contributed by atoms with E-state index in [1.54, 1.807) is 13.8 Å². The van der Waals surface area contributed by atoms with Crippen LogP contribution in [0.15, 0.2) is 64.2 Å². The molecule has 0 bridgehead atoms. The molecule has 3 aromatic rings. The Balaban J connectivity index is 1.55. The molecule has 0 fully saturated rings. The van der Waals surface area contributed by atoms with Crippen LogP contribution >= 0.6 is 0 Å². The molecule has 0 aliphatic rings. The first-order valence-corrected chi connectivity index (χ1v) is 10.6. The summed E-state index contributed by atoms with van der Waals surface area (Å²) in [7, 11) is 0. The molecule has 0 aliphatic heterocycles. The fourth-order valence-electron chi connectivity index (χ4n) is 3.23. The summed E-state index contributed by atoms with van der Waals surface area (Å²) in [6.07, 6.45) is 0.955. The van der Waals surface area contributed by atoms with Gasteiger partial charge in [0.05, 0.1) is 18.0 Å². The van der Waals surface area contributed by atoms with E-state index in [4.69, 9.17) is 14.0 Å². The topological polar surface area (TPSA) is 94.2 Å². The number of aliphatic carboxylic acids is 1. The number of nitrogens with zero attached hydrogens (tertiary/aromatic N) is 2. The maximum Gasteiger partial charge on any atom is 0.312 e. The quantitative estimate of drug-likeness (QED) is 0.338. The van der Waals surface area contributed by atoms with Gasteiger partial charge in [0, 0.05) is 12.0 Å². The molecule has 0 spiro atoms. The molecular formula is C25H28N2O5. The van der Waals surface area contributed by atoms with Gasteiger partial charge in [0.1, 0.15) is 24.0 Å². The van der Waals surface area contributed by atoms with Gasteiger partial charge in [0.15, 0.2) is 0 Å². The van der Waals surface area contributed by atoms with Gasteiger partial charge in [-0.15, -0.1) is 0 Å². The molecule has 0 radical (unpaired) electrons. The Labute approximate surface area is 187 Å². The molecule has 2 aromatic carbocycles. The number of oxazole rings is 1. The summed E-state index contributed by atoms with van der Waals surface area (Å²) in [5.74, 6) is 0.446. The summed E-state index contributed by atoms with van der Waals surface area (Å²) in [6.45, 7) is 6.23. The third kappa shape index (κ3) is 6.20. The number of ether oxygens (including phenoxy) is 1. The van der Waals surface area contributed by atoms with E-state index in [0.29, 0.717) is 43.4 Å². The average molecular weight is 437 g/mol. The van der Waals surface area contributed by atoms with Crippen LogP contribution in [0, 0.1) is 12.8 Å². The molecule has 7 nitrogen and oxygen atoms in total. The molecule has 0 saturated carbocycles. The van der Waals surface area contributed by atoms with E-state index in [9.17, 15) is 9.90 Å². The van der Waals surface area contributed by atoms with Crippen LogP contribution in [0.4, 0.5) is 0 Å². The standard InChI is InChI=1S/C25H28N2O5/c1-4-31-27-17(2)22(25(28)29)16-19-10-12-21(13-11-19)30-15-14-23-18(3)32-24(26-23)20-8-6-5-7-9-20/h5-13,22H,4,14-16H2,1-3H3,(H,28,29)/b27-17-. The number of oxime groups is 1. The minimum absolute atomic E-state index is 0.332. The van der Waals surface area contributed by atoms with Crippen molar-refractivity contribution in [1.29, 1.82) is 0 Å². The van der Waals surface area contributed by atoms with Gasteiger partial charge < -0.3 is 19.1 Å². The first-order valence-electron chi connectivity index (χ1n) is 10.6. The smallest absolute Gasteiger partial charge is 0.312 e. The van der Waals surface area contributed by atoms with Crippen LogP contribution in [0.2, 0.25) is 0 Å². The second-order valence-electron chi connectivity index (χ2n) is 7.38. The summed E-state index contributed by atoms with van der Waals surface area (Å²) in [6, 6.07) is 17.2. The Morgan fingerprint density at radius 3 is 2.53 bits per heavy atom. The van der Waals surface area contributed by atoms with Gasteiger partial charge >= 0.3 is 5.97 Å². The van der Waals surface area contributed by atoms with E-state index in [1.807, 2.05) is 61.5 Å². The summed E-state index contributed by atoms with van der Waals surface area (Å²) in [5, 5.41) is 13.4. The van der Waals surface area contributed by atoms with Crippen molar-refractivity contribution in [3.05, 3.63) is 71.6 Å². The molecule has 1 aromatic heterocycles. The Hall–Kier alpha value is -3.61. The van der Waals surface area contributed by atoms with Crippen molar-refractivity contribution in [2.24, 2.45) is 11.1 Å². The second kappa shape index (κ2) is 11.1. The number of aryl methyl sites for hydroxylation is 1.